The van der Waals surface area contributed by atoms with Gasteiger partial charge in [-0.25, -0.2) is 9.78 Å². The highest BCUT2D eigenvalue weighted by Crippen LogP contribution is 2.04. The number of hydrogen-bond acceptors (Lipinski definition) is 5. The molecule has 23 heavy (non-hydrogen) atoms. The Morgan fingerprint density at radius 1 is 1.30 bits per heavy atom. The lowest BCUT2D eigenvalue weighted by atomic mass is 10.1. The quantitative estimate of drug-likeness (QED) is 0.354. The van der Waals surface area contributed by atoms with Crippen LogP contribution in [-0.2, 0) is 20.8 Å². The number of nitrogens with zero attached hydrogens (tertiary/aromatic N) is 1. The van der Waals surface area contributed by atoms with E-state index >= 15 is 0 Å². The summed E-state index contributed by atoms with van der Waals surface area (Å²) in [5.41, 5.74) is 5.94. The predicted molar refractivity (Wildman–Crippen MR) is 82.4 cm³/mol. The Labute approximate surface area is 134 Å². The van der Waals surface area contributed by atoms with Crippen molar-refractivity contribution in [3.8, 4) is 0 Å². The van der Waals surface area contributed by atoms with Crippen LogP contribution in [0.15, 0.2) is 12.5 Å². The number of hydrogen-bond donors (Lipinski definition) is 5. The van der Waals surface area contributed by atoms with Gasteiger partial charge in [-0.05, 0) is 25.8 Å². The third kappa shape index (κ3) is 6.92. The number of imidazole rings is 1. The minimum Gasteiger partial charge on any atom is -0.480 e. The van der Waals surface area contributed by atoms with E-state index in [4.69, 9.17) is 5.73 Å². The van der Waals surface area contributed by atoms with Crippen LogP contribution in [0.2, 0.25) is 0 Å². The van der Waals surface area contributed by atoms with Gasteiger partial charge in [0.25, 0.3) is 0 Å². The van der Waals surface area contributed by atoms with Crippen molar-refractivity contribution in [1.29, 1.82) is 0 Å². The SMILES string of the molecule is CC(=O)N[C@@H](CCCCN)C(=O)N[C@@H](Cc1c[nH]cn1)C(=O)O. The van der Waals surface area contributed by atoms with E-state index in [1.807, 2.05) is 0 Å². The Hall–Kier alpha value is -2.42. The number of aliphatic carboxylic acids is 1. The third-order valence-electron chi connectivity index (χ3n) is 3.22. The van der Waals surface area contributed by atoms with Gasteiger partial charge in [-0.3, -0.25) is 9.59 Å². The van der Waals surface area contributed by atoms with Crippen molar-refractivity contribution in [1.82, 2.24) is 20.6 Å². The summed E-state index contributed by atoms with van der Waals surface area (Å²) in [5, 5.41) is 14.2. The largest absolute Gasteiger partial charge is 0.480 e. The number of carbonyl (C=O) groups excluding carboxylic acids is 2. The van der Waals surface area contributed by atoms with Crippen LogP contribution in [-0.4, -0.2) is 51.5 Å². The monoisotopic (exact) mass is 325 g/mol. The van der Waals surface area contributed by atoms with Gasteiger partial charge in [-0.15, -0.1) is 0 Å². The number of aromatic nitrogens is 2. The Morgan fingerprint density at radius 2 is 2.04 bits per heavy atom. The first-order valence-corrected chi connectivity index (χ1v) is 7.42. The minimum atomic E-state index is -1.16. The van der Waals surface area contributed by atoms with Gasteiger partial charge in [0.15, 0.2) is 0 Å². The van der Waals surface area contributed by atoms with Crippen molar-refractivity contribution in [2.45, 2.75) is 44.7 Å². The lowest BCUT2D eigenvalue weighted by molar-refractivity contribution is -0.142. The Morgan fingerprint density at radius 3 is 2.57 bits per heavy atom. The number of carboxylic acids is 1. The molecule has 1 aromatic rings. The topological polar surface area (TPSA) is 150 Å². The molecule has 6 N–H and O–H groups in total. The van der Waals surface area contributed by atoms with Gasteiger partial charge in [0.1, 0.15) is 12.1 Å². The summed E-state index contributed by atoms with van der Waals surface area (Å²) in [6.07, 6.45) is 4.83. The molecule has 0 aromatic carbocycles. The third-order valence-corrected chi connectivity index (χ3v) is 3.22. The van der Waals surface area contributed by atoms with Crippen molar-refractivity contribution in [2.75, 3.05) is 6.54 Å². The van der Waals surface area contributed by atoms with Gasteiger partial charge in [-0.2, -0.15) is 0 Å². The molecular formula is C14H23N5O4. The fourth-order valence-electron chi connectivity index (χ4n) is 2.09. The van der Waals surface area contributed by atoms with E-state index in [1.165, 1.54) is 13.3 Å². The molecule has 0 unspecified atom stereocenters. The van der Waals surface area contributed by atoms with E-state index in [-0.39, 0.29) is 12.3 Å². The summed E-state index contributed by atoms with van der Waals surface area (Å²) >= 11 is 0. The van der Waals surface area contributed by atoms with E-state index in [0.29, 0.717) is 25.1 Å². The van der Waals surface area contributed by atoms with Crippen LogP contribution >= 0.6 is 0 Å². The molecule has 0 fully saturated rings. The lowest BCUT2D eigenvalue weighted by Crippen LogP contribution is -2.52. The van der Waals surface area contributed by atoms with Crippen molar-refractivity contribution >= 4 is 17.8 Å². The predicted octanol–water partition coefficient (Wildman–Crippen LogP) is -0.845. The van der Waals surface area contributed by atoms with Crippen LogP contribution in [0.1, 0.15) is 31.9 Å². The summed E-state index contributed by atoms with van der Waals surface area (Å²) in [6.45, 7) is 1.80. The summed E-state index contributed by atoms with van der Waals surface area (Å²) in [4.78, 5) is 41.5. The zero-order chi connectivity index (χ0) is 17.2. The van der Waals surface area contributed by atoms with Crippen LogP contribution in [0.25, 0.3) is 0 Å². The van der Waals surface area contributed by atoms with E-state index in [9.17, 15) is 19.5 Å². The molecule has 0 saturated heterocycles. The van der Waals surface area contributed by atoms with Crippen LogP contribution < -0.4 is 16.4 Å². The molecule has 2 atom stereocenters. The maximum atomic E-state index is 12.3. The van der Waals surface area contributed by atoms with Gasteiger partial charge in [0, 0.05) is 19.5 Å². The molecule has 2 amide bonds. The molecule has 0 bridgehead atoms. The fraction of sp³-hybridized carbons (Fsp3) is 0.571. The number of H-pyrrole nitrogens is 1. The van der Waals surface area contributed by atoms with E-state index in [2.05, 4.69) is 20.6 Å². The highest BCUT2D eigenvalue weighted by molar-refractivity contribution is 5.89. The van der Waals surface area contributed by atoms with E-state index in [1.54, 1.807) is 6.20 Å². The molecule has 0 aliphatic carbocycles. The van der Waals surface area contributed by atoms with Gasteiger partial charge < -0.3 is 26.5 Å². The average molecular weight is 325 g/mol. The first kappa shape index (κ1) is 18.6. The second-order valence-electron chi connectivity index (χ2n) is 5.20. The first-order chi connectivity index (χ1) is 10.9. The molecule has 128 valence electrons. The number of carboxylic acid groups (broad SMARTS) is 1. The molecule has 1 rings (SSSR count). The highest BCUT2D eigenvalue weighted by Gasteiger charge is 2.26. The second-order valence-corrected chi connectivity index (χ2v) is 5.20. The van der Waals surface area contributed by atoms with E-state index in [0.717, 1.165) is 6.42 Å². The van der Waals surface area contributed by atoms with Crippen LogP contribution in [0.4, 0.5) is 0 Å². The smallest absolute Gasteiger partial charge is 0.326 e. The number of nitrogens with one attached hydrogen (secondary N) is 3. The van der Waals surface area contributed by atoms with Crippen LogP contribution in [0.5, 0.6) is 0 Å². The Kier molecular flexibility index (Phi) is 7.75. The normalized spacial score (nSPS) is 13.1. The summed E-state index contributed by atoms with van der Waals surface area (Å²) < 4.78 is 0. The first-order valence-electron chi connectivity index (χ1n) is 7.42. The van der Waals surface area contributed by atoms with Crippen molar-refractivity contribution in [3.05, 3.63) is 18.2 Å². The molecule has 0 saturated carbocycles. The standard InChI is InChI=1S/C14H23N5O4/c1-9(20)18-11(4-2-3-5-15)13(21)19-12(14(22)23)6-10-7-16-8-17-10/h7-8,11-12H,2-6,15H2,1H3,(H,16,17)(H,18,20)(H,19,21)(H,22,23)/t11-,12-/m0/s1. The maximum absolute atomic E-state index is 12.3. The van der Waals surface area contributed by atoms with Gasteiger partial charge in [0.2, 0.25) is 11.8 Å². The molecule has 1 aromatic heterocycles. The van der Waals surface area contributed by atoms with Crippen molar-refractivity contribution < 1.29 is 19.5 Å². The molecule has 1 heterocycles. The van der Waals surface area contributed by atoms with Crippen molar-refractivity contribution in [3.63, 3.8) is 0 Å². The fourth-order valence-corrected chi connectivity index (χ4v) is 2.09. The number of nitrogens with two attached hydrogens (primary N) is 1. The zero-order valence-electron chi connectivity index (χ0n) is 13.0. The van der Waals surface area contributed by atoms with Crippen LogP contribution in [0, 0.1) is 0 Å². The molecular weight excluding hydrogens is 302 g/mol. The second kappa shape index (κ2) is 9.57. The van der Waals surface area contributed by atoms with Gasteiger partial charge >= 0.3 is 5.97 Å². The molecule has 9 nitrogen and oxygen atoms in total. The summed E-state index contributed by atoms with van der Waals surface area (Å²) in [5.74, 6) is -2.04. The minimum absolute atomic E-state index is 0.0557. The van der Waals surface area contributed by atoms with Crippen LogP contribution in [0.3, 0.4) is 0 Å². The molecule has 0 spiro atoms. The number of aromatic amines is 1. The Balaban J connectivity index is 2.67. The molecule has 9 heteroatoms. The lowest BCUT2D eigenvalue weighted by Gasteiger charge is -2.20. The highest BCUT2D eigenvalue weighted by atomic mass is 16.4. The average Bonchev–Trinajstić information content (AvgIpc) is 2.98. The summed E-state index contributed by atoms with van der Waals surface area (Å²) in [7, 11) is 0. The number of rotatable bonds is 10. The Bertz CT molecular complexity index is 517. The zero-order valence-corrected chi connectivity index (χ0v) is 13.0. The number of unbranched alkanes of at least 4 members (excludes halogenated alkanes) is 1. The number of carbonyl (C=O) groups is 3. The summed E-state index contributed by atoms with van der Waals surface area (Å²) in [6, 6.07) is -1.89. The van der Waals surface area contributed by atoms with Gasteiger partial charge in [-0.1, -0.05) is 0 Å². The van der Waals surface area contributed by atoms with Crippen molar-refractivity contribution in [2.24, 2.45) is 5.73 Å². The number of amides is 2. The molecule has 0 aliphatic heterocycles. The molecule has 0 aliphatic rings. The van der Waals surface area contributed by atoms with E-state index < -0.39 is 24.0 Å². The van der Waals surface area contributed by atoms with Gasteiger partial charge in [0.05, 0.1) is 12.0 Å². The molecule has 0 radical (unpaired) electrons. The maximum Gasteiger partial charge on any atom is 0.326 e.